The lowest BCUT2D eigenvalue weighted by Gasteiger charge is -2.03. The molecule has 0 aliphatic carbocycles. The summed E-state index contributed by atoms with van der Waals surface area (Å²) >= 11 is 0. The summed E-state index contributed by atoms with van der Waals surface area (Å²) in [5.41, 5.74) is 0. The second-order valence-corrected chi connectivity index (χ2v) is 10.2. The topological polar surface area (TPSA) is 156 Å². The van der Waals surface area contributed by atoms with Crippen molar-refractivity contribution in [3.63, 3.8) is 0 Å². The lowest BCUT2D eigenvalue weighted by Crippen LogP contribution is -2.16. The quantitative estimate of drug-likeness (QED) is 0.216. The number of hydrogen-bond donors (Lipinski definition) is 0. The molecule has 0 N–H and O–H groups in total. The minimum absolute atomic E-state index is 0.0909. The molecule has 0 aliphatic heterocycles. The molecule has 6 rings (SSSR count). The Balaban J connectivity index is 0.000000212. The van der Waals surface area contributed by atoms with Gasteiger partial charge in [-0.3, -0.25) is 0 Å². The first kappa shape index (κ1) is 30.8. The van der Waals surface area contributed by atoms with Crippen molar-refractivity contribution in [1.29, 1.82) is 0 Å². The van der Waals surface area contributed by atoms with Crippen molar-refractivity contribution in [3.8, 4) is 0 Å². The van der Waals surface area contributed by atoms with E-state index in [-0.39, 0.29) is 11.5 Å². The molecule has 13 heteroatoms. The van der Waals surface area contributed by atoms with Gasteiger partial charge < -0.3 is 26.5 Å². The summed E-state index contributed by atoms with van der Waals surface area (Å²) < 4.78 is 78.4. The predicted octanol–water partition coefficient (Wildman–Crippen LogP) is 6.37. The fourth-order valence-electron chi connectivity index (χ4n) is 2.25. The third-order valence-corrected chi connectivity index (χ3v) is 6.64. The maximum absolute atomic E-state index is 11.6. The molecule has 0 bridgehead atoms. The van der Waals surface area contributed by atoms with Crippen molar-refractivity contribution >= 4 is 20.2 Å². The molecule has 0 radical (unpaired) electrons. The van der Waals surface area contributed by atoms with Crippen molar-refractivity contribution in [2.45, 2.75) is 11.5 Å². The van der Waals surface area contributed by atoms with Gasteiger partial charge in [-0.1, -0.05) is 0 Å². The van der Waals surface area contributed by atoms with Gasteiger partial charge in [-0.15, -0.1) is 3.63 Å². The summed E-state index contributed by atoms with van der Waals surface area (Å²) in [5.74, 6) is -1.13. The minimum Gasteiger partial charge on any atom is -0.473 e. The molecule has 0 fully saturated rings. The maximum atomic E-state index is 11.6. The van der Waals surface area contributed by atoms with Gasteiger partial charge in [0.15, 0.2) is 0 Å². The highest BCUT2D eigenvalue weighted by Crippen LogP contribution is 2.14. The summed E-state index contributed by atoms with van der Waals surface area (Å²) in [6.45, 7) is 0. The predicted molar refractivity (Wildman–Crippen MR) is 139 cm³/mol. The number of rotatable bonds is 6. The Morgan fingerprint density at radius 1 is 0.436 bits per heavy atom. The summed E-state index contributed by atoms with van der Waals surface area (Å²) in [6.07, 6.45) is 15.6. The first-order valence-corrected chi connectivity index (χ1v) is 14.1. The first-order chi connectivity index (χ1) is 18.9. The highest BCUT2D eigenvalue weighted by molar-refractivity contribution is 7.99. The Morgan fingerprint density at radius 2 is 0.718 bits per heavy atom. The van der Waals surface area contributed by atoms with Crippen LogP contribution in [0.15, 0.2) is 162 Å². The highest BCUT2D eigenvalue weighted by Gasteiger charge is 2.25. The largest absolute Gasteiger partial charge is 0.473 e. The summed E-state index contributed by atoms with van der Waals surface area (Å²) in [6, 6.07) is 20.4. The summed E-state index contributed by atoms with van der Waals surface area (Å²) in [5, 5.41) is 0. The molecule has 6 aromatic heterocycles. The van der Waals surface area contributed by atoms with E-state index in [0.717, 1.165) is 0 Å². The van der Waals surface area contributed by atoms with Crippen LogP contribution >= 0.6 is 0 Å². The van der Waals surface area contributed by atoms with E-state index < -0.39 is 31.7 Å². The molecule has 6 aromatic rings. The first-order valence-electron chi connectivity index (χ1n) is 11.0. The van der Waals surface area contributed by atoms with Crippen LogP contribution in [0, 0.1) is 0 Å². The van der Waals surface area contributed by atoms with E-state index in [9.17, 15) is 16.8 Å². The zero-order chi connectivity index (χ0) is 28.1. The molecule has 208 valence electrons. The van der Waals surface area contributed by atoms with E-state index in [1.165, 1.54) is 36.8 Å². The summed E-state index contributed by atoms with van der Waals surface area (Å²) in [4.78, 5) is 0. The molecule has 39 heavy (non-hydrogen) atoms. The van der Waals surface area contributed by atoms with E-state index in [1.54, 1.807) is 50.1 Å². The van der Waals surface area contributed by atoms with E-state index >= 15 is 0 Å². The van der Waals surface area contributed by atoms with Crippen LogP contribution in [-0.4, -0.2) is 16.8 Å². The van der Waals surface area contributed by atoms with Gasteiger partial charge in [-0.2, -0.15) is 16.8 Å². The monoisotopic (exact) mass is 578 g/mol. The van der Waals surface area contributed by atoms with Gasteiger partial charge in [-0.25, -0.2) is 0 Å². The van der Waals surface area contributed by atoms with Gasteiger partial charge in [0.25, 0.3) is 20.2 Å². The van der Waals surface area contributed by atoms with E-state index in [2.05, 4.69) is 21.3 Å². The molecule has 0 aliphatic rings. The highest BCUT2D eigenvalue weighted by atomic mass is 32.3. The van der Waals surface area contributed by atoms with Crippen molar-refractivity contribution in [1.82, 2.24) is 0 Å². The SMILES string of the molecule is O=S(=O)(Cc1ccco1)OS(=O)(=O)Cc1ccco1.c1ccoc1.c1ccoc1.c1ccoc1.c1ccoc1. The molecule has 0 atom stereocenters. The van der Waals surface area contributed by atoms with Crippen LogP contribution in [0.4, 0.5) is 0 Å². The van der Waals surface area contributed by atoms with Crippen LogP contribution in [0.3, 0.4) is 0 Å². The third-order valence-electron chi connectivity index (χ3n) is 3.71. The Labute approximate surface area is 225 Å². The number of hydrogen-bond acceptors (Lipinski definition) is 11. The molecular formula is C26H26O11S2. The Kier molecular flexibility index (Phi) is 14.1. The van der Waals surface area contributed by atoms with E-state index in [0.29, 0.717) is 0 Å². The zero-order valence-corrected chi connectivity index (χ0v) is 22.1. The minimum atomic E-state index is -4.29. The molecule has 0 unspecified atom stereocenters. The van der Waals surface area contributed by atoms with Crippen LogP contribution in [0.25, 0.3) is 0 Å². The molecule has 6 heterocycles. The van der Waals surface area contributed by atoms with Gasteiger partial charge in [0.1, 0.15) is 23.0 Å². The van der Waals surface area contributed by atoms with E-state index in [1.807, 2.05) is 48.5 Å². The average Bonchev–Trinajstić information content (AvgIpc) is 3.76. The zero-order valence-electron chi connectivity index (χ0n) is 20.4. The van der Waals surface area contributed by atoms with Crippen LogP contribution < -0.4 is 0 Å². The van der Waals surface area contributed by atoms with Gasteiger partial charge in [0.05, 0.1) is 62.6 Å². The second kappa shape index (κ2) is 17.9. The van der Waals surface area contributed by atoms with Gasteiger partial charge in [0, 0.05) is 0 Å². The fourth-order valence-corrected chi connectivity index (χ4v) is 4.93. The fraction of sp³-hybridized carbons (Fsp3) is 0.0769. The molecule has 11 nitrogen and oxygen atoms in total. The Morgan fingerprint density at radius 3 is 0.897 bits per heavy atom. The number of furan rings is 6. The lowest BCUT2D eigenvalue weighted by atomic mass is 10.5. The Hall–Kier alpha value is -4.46. The van der Waals surface area contributed by atoms with Crippen molar-refractivity contribution in [2.24, 2.45) is 0 Å². The molecule has 0 saturated heterocycles. The molecule has 0 aromatic carbocycles. The second-order valence-electron chi connectivity index (χ2n) is 6.80. The van der Waals surface area contributed by atoms with Crippen LogP contribution in [-0.2, 0) is 35.4 Å². The normalized spacial score (nSPS) is 10.3. The maximum Gasteiger partial charge on any atom is 0.289 e. The molecule has 0 spiro atoms. The van der Waals surface area contributed by atoms with Crippen molar-refractivity contribution in [3.05, 3.63) is 147 Å². The molecule has 0 saturated carbocycles. The van der Waals surface area contributed by atoms with Gasteiger partial charge in [0.2, 0.25) is 0 Å². The van der Waals surface area contributed by atoms with Crippen LogP contribution in [0.2, 0.25) is 0 Å². The Bertz CT molecular complexity index is 1230. The van der Waals surface area contributed by atoms with E-state index in [4.69, 9.17) is 8.83 Å². The van der Waals surface area contributed by atoms with Crippen LogP contribution in [0.1, 0.15) is 11.5 Å². The molecular weight excluding hydrogens is 552 g/mol. The smallest absolute Gasteiger partial charge is 0.289 e. The third kappa shape index (κ3) is 16.1. The standard InChI is InChI=1S/C10H10O7S2.4C4H4O/c11-18(12,7-9-3-1-5-15-9)17-19(13,14)8-10-4-2-6-16-10;4*1-2-4-5-3-1/h1-6H,7-8H2;4*1-4H. The van der Waals surface area contributed by atoms with Gasteiger partial charge >= 0.3 is 0 Å². The van der Waals surface area contributed by atoms with Gasteiger partial charge in [-0.05, 0) is 72.8 Å². The average molecular weight is 579 g/mol. The summed E-state index contributed by atoms with van der Waals surface area (Å²) in [7, 11) is -8.58. The lowest BCUT2D eigenvalue weighted by molar-refractivity contribution is 0.446. The molecule has 0 amide bonds. The van der Waals surface area contributed by atoms with Crippen molar-refractivity contribution < 1.29 is 47.0 Å². The van der Waals surface area contributed by atoms with Crippen LogP contribution in [0.5, 0.6) is 0 Å². The van der Waals surface area contributed by atoms with Crippen molar-refractivity contribution in [2.75, 3.05) is 0 Å².